The third-order valence-corrected chi connectivity index (χ3v) is 7.22. The molecule has 0 bridgehead atoms. The van der Waals surface area contributed by atoms with Crippen molar-refractivity contribution >= 4 is 23.2 Å². The molecule has 186 valence electrons. The summed E-state index contributed by atoms with van der Waals surface area (Å²) in [5.74, 6) is 0.791. The summed E-state index contributed by atoms with van der Waals surface area (Å²) in [6.07, 6.45) is 2.34. The van der Waals surface area contributed by atoms with Crippen molar-refractivity contribution in [2.24, 2.45) is 0 Å². The van der Waals surface area contributed by atoms with Gasteiger partial charge >= 0.3 is 0 Å². The number of hydrogen-bond donors (Lipinski definition) is 0. The van der Waals surface area contributed by atoms with Gasteiger partial charge < -0.3 is 24.0 Å². The second-order valence-corrected chi connectivity index (χ2v) is 9.46. The molecule has 36 heavy (non-hydrogen) atoms. The van der Waals surface area contributed by atoms with Crippen LogP contribution in [-0.2, 0) is 11.2 Å². The van der Waals surface area contributed by atoms with Gasteiger partial charge in [-0.05, 0) is 65.9 Å². The number of amides is 2. The Balaban J connectivity index is 1.33. The zero-order valence-electron chi connectivity index (χ0n) is 19.5. The largest absolute Gasteiger partial charge is 0.491 e. The SMILES string of the molecule is C=CCN(CC(=O)N1CCc2sccc2[C@H]1COc1ccc(F)cc1)C(=O)c1ccc2c(c1)OCO2. The van der Waals surface area contributed by atoms with E-state index in [0.717, 1.165) is 12.0 Å². The van der Waals surface area contributed by atoms with Crippen molar-refractivity contribution in [3.8, 4) is 17.2 Å². The Morgan fingerprint density at radius 3 is 2.78 bits per heavy atom. The number of halogens is 1. The predicted molar refractivity (Wildman–Crippen MR) is 133 cm³/mol. The van der Waals surface area contributed by atoms with E-state index >= 15 is 0 Å². The van der Waals surface area contributed by atoms with Crippen molar-refractivity contribution in [3.05, 3.63) is 88.4 Å². The van der Waals surface area contributed by atoms with Crippen LogP contribution in [-0.4, -0.2) is 54.6 Å². The highest BCUT2D eigenvalue weighted by atomic mass is 32.1. The van der Waals surface area contributed by atoms with Crippen molar-refractivity contribution in [2.45, 2.75) is 12.5 Å². The van der Waals surface area contributed by atoms with Gasteiger partial charge in [-0.25, -0.2) is 4.39 Å². The number of carbonyl (C=O) groups is 2. The molecule has 0 N–H and O–H groups in total. The molecule has 9 heteroatoms. The molecule has 0 unspecified atom stereocenters. The summed E-state index contributed by atoms with van der Waals surface area (Å²) in [5.41, 5.74) is 1.45. The monoisotopic (exact) mass is 508 g/mol. The second kappa shape index (κ2) is 10.4. The third-order valence-electron chi connectivity index (χ3n) is 6.22. The molecular formula is C27H25FN2O5S. The van der Waals surface area contributed by atoms with Crippen molar-refractivity contribution in [1.29, 1.82) is 0 Å². The van der Waals surface area contributed by atoms with Gasteiger partial charge in [0.15, 0.2) is 11.5 Å². The molecule has 2 aliphatic rings. The van der Waals surface area contributed by atoms with Crippen LogP contribution in [0, 0.1) is 5.82 Å². The summed E-state index contributed by atoms with van der Waals surface area (Å²) >= 11 is 1.66. The number of carbonyl (C=O) groups excluding carboxylic acids is 2. The Hall–Kier alpha value is -3.85. The van der Waals surface area contributed by atoms with E-state index in [1.807, 2.05) is 11.4 Å². The summed E-state index contributed by atoms with van der Waals surface area (Å²) in [6, 6.07) is 12.5. The Morgan fingerprint density at radius 2 is 1.97 bits per heavy atom. The van der Waals surface area contributed by atoms with Gasteiger partial charge in [-0.1, -0.05) is 6.08 Å². The van der Waals surface area contributed by atoms with E-state index in [9.17, 15) is 14.0 Å². The van der Waals surface area contributed by atoms with Gasteiger partial charge in [0, 0.05) is 23.5 Å². The van der Waals surface area contributed by atoms with Gasteiger partial charge in [0.1, 0.15) is 24.7 Å². The molecule has 5 rings (SSSR count). The van der Waals surface area contributed by atoms with Crippen LogP contribution in [0.3, 0.4) is 0 Å². The van der Waals surface area contributed by atoms with Gasteiger partial charge in [0.25, 0.3) is 5.91 Å². The van der Waals surface area contributed by atoms with Crippen molar-refractivity contribution in [3.63, 3.8) is 0 Å². The van der Waals surface area contributed by atoms with Crippen LogP contribution < -0.4 is 14.2 Å². The number of fused-ring (bicyclic) bond motifs is 2. The molecule has 0 saturated heterocycles. The van der Waals surface area contributed by atoms with Crippen LogP contribution in [0.15, 0.2) is 66.6 Å². The average Bonchev–Trinajstić information content (AvgIpc) is 3.56. The van der Waals surface area contributed by atoms with E-state index < -0.39 is 0 Å². The summed E-state index contributed by atoms with van der Waals surface area (Å²) in [4.78, 5) is 31.3. The molecule has 0 saturated carbocycles. The standard InChI is InChI=1S/C27H25FN2O5S/c1-2-11-29(27(32)18-3-8-23-24(14-18)35-17-34-23)15-26(31)30-12-9-25-21(10-13-36-25)22(30)16-33-20-6-4-19(28)5-7-20/h2-8,10,13-14,22H,1,9,11-12,15-17H2/t22-/m1/s1. The molecule has 2 aliphatic heterocycles. The summed E-state index contributed by atoms with van der Waals surface area (Å²) in [6.45, 7) is 4.72. The Labute approximate surface area is 212 Å². The first kappa shape index (κ1) is 23.9. The Bertz CT molecular complexity index is 1280. The number of benzene rings is 2. The highest BCUT2D eigenvalue weighted by molar-refractivity contribution is 7.10. The Morgan fingerprint density at radius 1 is 1.17 bits per heavy atom. The molecule has 1 aromatic heterocycles. The lowest BCUT2D eigenvalue weighted by molar-refractivity contribution is -0.135. The van der Waals surface area contributed by atoms with E-state index in [4.69, 9.17) is 14.2 Å². The second-order valence-electron chi connectivity index (χ2n) is 8.46. The molecule has 7 nitrogen and oxygen atoms in total. The van der Waals surface area contributed by atoms with Crippen molar-refractivity contribution in [2.75, 3.05) is 33.0 Å². The molecular weight excluding hydrogens is 483 g/mol. The number of hydrogen-bond acceptors (Lipinski definition) is 6. The number of nitrogens with zero attached hydrogens (tertiary/aromatic N) is 2. The molecule has 3 aromatic rings. The normalized spacial score (nSPS) is 15.8. The predicted octanol–water partition coefficient (Wildman–Crippen LogP) is 4.45. The van der Waals surface area contributed by atoms with E-state index in [2.05, 4.69) is 6.58 Å². The lowest BCUT2D eigenvalue weighted by Crippen LogP contribution is -2.47. The maximum Gasteiger partial charge on any atom is 0.254 e. The van der Waals surface area contributed by atoms with Gasteiger partial charge in [-0.15, -0.1) is 17.9 Å². The minimum absolute atomic E-state index is 0.105. The highest BCUT2D eigenvalue weighted by Gasteiger charge is 2.33. The highest BCUT2D eigenvalue weighted by Crippen LogP contribution is 2.35. The number of thiophene rings is 1. The first-order chi connectivity index (χ1) is 17.5. The fourth-order valence-corrected chi connectivity index (χ4v) is 5.35. The smallest absolute Gasteiger partial charge is 0.254 e. The molecule has 0 aliphatic carbocycles. The molecule has 1 atom stereocenters. The average molecular weight is 509 g/mol. The van der Waals surface area contributed by atoms with E-state index in [1.54, 1.807) is 52.6 Å². The van der Waals surface area contributed by atoms with Gasteiger partial charge in [-0.3, -0.25) is 9.59 Å². The molecule has 0 fully saturated rings. The maximum atomic E-state index is 13.6. The maximum absolute atomic E-state index is 13.6. The first-order valence-corrected chi connectivity index (χ1v) is 12.5. The summed E-state index contributed by atoms with van der Waals surface area (Å²) in [5, 5.41) is 2.01. The van der Waals surface area contributed by atoms with Gasteiger partial charge in [0.05, 0.1) is 6.04 Å². The first-order valence-electron chi connectivity index (χ1n) is 11.6. The van der Waals surface area contributed by atoms with Gasteiger partial charge in [-0.2, -0.15) is 0 Å². The minimum Gasteiger partial charge on any atom is -0.491 e. The molecule has 0 radical (unpaired) electrons. The topological polar surface area (TPSA) is 68.3 Å². The zero-order valence-corrected chi connectivity index (χ0v) is 20.3. The summed E-state index contributed by atoms with van der Waals surface area (Å²) < 4.78 is 29.9. The lowest BCUT2D eigenvalue weighted by Gasteiger charge is -2.37. The third kappa shape index (κ3) is 4.92. The summed E-state index contributed by atoms with van der Waals surface area (Å²) in [7, 11) is 0. The van der Waals surface area contributed by atoms with Gasteiger partial charge in [0.2, 0.25) is 12.7 Å². The number of rotatable bonds is 8. The van der Waals surface area contributed by atoms with Crippen LogP contribution in [0.2, 0.25) is 0 Å². The Kier molecular flexibility index (Phi) is 6.90. The molecule has 0 spiro atoms. The fourth-order valence-electron chi connectivity index (χ4n) is 4.42. The van der Waals surface area contributed by atoms with Crippen LogP contribution >= 0.6 is 11.3 Å². The molecule has 2 amide bonds. The van der Waals surface area contributed by atoms with Crippen molar-refractivity contribution in [1.82, 2.24) is 9.80 Å². The lowest BCUT2D eigenvalue weighted by atomic mass is 10.0. The fraction of sp³-hybridized carbons (Fsp3) is 0.259. The minimum atomic E-state index is -0.341. The van der Waals surface area contributed by atoms with E-state index in [0.29, 0.717) is 29.4 Å². The number of ether oxygens (including phenoxy) is 3. The van der Waals surface area contributed by atoms with Crippen LogP contribution in [0.25, 0.3) is 0 Å². The van der Waals surface area contributed by atoms with Crippen LogP contribution in [0.5, 0.6) is 17.2 Å². The quantitative estimate of drug-likeness (QED) is 0.421. The molecule has 2 aromatic carbocycles. The molecule has 3 heterocycles. The van der Waals surface area contributed by atoms with E-state index in [-0.39, 0.29) is 50.2 Å². The van der Waals surface area contributed by atoms with E-state index in [1.165, 1.54) is 21.9 Å². The zero-order chi connectivity index (χ0) is 25.1. The van der Waals surface area contributed by atoms with Crippen molar-refractivity contribution < 1.29 is 28.2 Å². The van der Waals surface area contributed by atoms with Crippen LogP contribution in [0.1, 0.15) is 26.8 Å². The van der Waals surface area contributed by atoms with Crippen LogP contribution in [0.4, 0.5) is 4.39 Å².